The van der Waals surface area contributed by atoms with Crippen LogP contribution in [0.4, 0.5) is 5.69 Å². The lowest BCUT2D eigenvalue weighted by molar-refractivity contribution is 0.000199. The smallest absolute Gasteiger partial charge is 0.119 e. The Hall–Kier alpha value is -1.26. The van der Waals surface area contributed by atoms with Gasteiger partial charge in [-0.15, -0.1) is 0 Å². The van der Waals surface area contributed by atoms with E-state index in [1.54, 1.807) is 0 Å². The largest absolute Gasteiger partial charge is 0.491 e. The van der Waals surface area contributed by atoms with Gasteiger partial charge in [0.1, 0.15) is 18.5 Å². The quantitative estimate of drug-likeness (QED) is 0.800. The van der Waals surface area contributed by atoms with Crippen LogP contribution in [0.5, 0.6) is 5.75 Å². The average molecular weight is 222 g/mol. The van der Waals surface area contributed by atoms with Crippen molar-refractivity contribution in [2.24, 2.45) is 0 Å². The molecule has 1 saturated heterocycles. The molecule has 0 saturated carbocycles. The van der Waals surface area contributed by atoms with E-state index in [0.717, 1.165) is 31.1 Å². The normalized spacial score (nSPS) is 20.4. The molecule has 2 rings (SSSR count). The van der Waals surface area contributed by atoms with Gasteiger partial charge in [-0.3, -0.25) is 0 Å². The molecule has 0 unspecified atom stereocenters. The molecule has 0 amide bonds. The second kappa shape index (κ2) is 5.72. The molecule has 16 heavy (non-hydrogen) atoms. The van der Waals surface area contributed by atoms with Crippen molar-refractivity contribution in [3.05, 3.63) is 24.3 Å². The number of nitrogens with one attached hydrogen (secondary N) is 2. The molecule has 1 fully saturated rings. The maximum Gasteiger partial charge on any atom is 0.119 e. The van der Waals surface area contributed by atoms with Gasteiger partial charge >= 0.3 is 0 Å². The van der Waals surface area contributed by atoms with Gasteiger partial charge in [0.15, 0.2) is 0 Å². The zero-order valence-electron chi connectivity index (χ0n) is 9.53. The SMILES string of the molecule is CNc1ccc(OC[C@@H]2CNCCO2)cc1. The van der Waals surface area contributed by atoms with Gasteiger partial charge in [0.2, 0.25) is 0 Å². The molecule has 1 aromatic rings. The highest BCUT2D eigenvalue weighted by Crippen LogP contribution is 2.15. The van der Waals surface area contributed by atoms with E-state index in [-0.39, 0.29) is 6.10 Å². The molecule has 0 spiro atoms. The number of benzene rings is 1. The van der Waals surface area contributed by atoms with Crippen LogP contribution in [-0.2, 0) is 4.74 Å². The van der Waals surface area contributed by atoms with Crippen molar-refractivity contribution in [2.45, 2.75) is 6.10 Å². The third-order valence-corrected chi connectivity index (χ3v) is 2.58. The van der Waals surface area contributed by atoms with Gasteiger partial charge in [0, 0.05) is 25.8 Å². The Morgan fingerprint density at radius 2 is 2.25 bits per heavy atom. The molecule has 4 heteroatoms. The van der Waals surface area contributed by atoms with Gasteiger partial charge in [0.25, 0.3) is 0 Å². The summed E-state index contributed by atoms with van der Waals surface area (Å²) in [6, 6.07) is 7.91. The van der Waals surface area contributed by atoms with Crippen LogP contribution in [0.3, 0.4) is 0 Å². The molecule has 2 N–H and O–H groups in total. The first-order valence-corrected chi connectivity index (χ1v) is 5.61. The fraction of sp³-hybridized carbons (Fsp3) is 0.500. The topological polar surface area (TPSA) is 42.5 Å². The zero-order valence-corrected chi connectivity index (χ0v) is 9.53. The number of ether oxygens (including phenoxy) is 2. The predicted octanol–water partition coefficient (Wildman–Crippen LogP) is 1.10. The molecule has 1 atom stereocenters. The van der Waals surface area contributed by atoms with Gasteiger partial charge in [0.05, 0.1) is 6.61 Å². The van der Waals surface area contributed by atoms with Gasteiger partial charge < -0.3 is 20.1 Å². The minimum Gasteiger partial charge on any atom is -0.491 e. The second-order valence-electron chi connectivity index (χ2n) is 3.78. The van der Waals surface area contributed by atoms with Crippen molar-refractivity contribution in [3.8, 4) is 5.75 Å². The Balaban J connectivity index is 1.79. The molecular weight excluding hydrogens is 204 g/mol. The van der Waals surface area contributed by atoms with Crippen LogP contribution < -0.4 is 15.4 Å². The predicted molar refractivity (Wildman–Crippen MR) is 64.1 cm³/mol. The molecule has 0 bridgehead atoms. The maximum absolute atomic E-state index is 5.65. The van der Waals surface area contributed by atoms with Crippen molar-refractivity contribution < 1.29 is 9.47 Å². The van der Waals surface area contributed by atoms with Crippen molar-refractivity contribution in [3.63, 3.8) is 0 Å². The summed E-state index contributed by atoms with van der Waals surface area (Å²) in [6.45, 7) is 3.18. The summed E-state index contributed by atoms with van der Waals surface area (Å²) < 4.78 is 11.2. The molecule has 0 aromatic heterocycles. The van der Waals surface area contributed by atoms with Crippen LogP contribution in [0.15, 0.2) is 24.3 Å². The van der Waals surface area contributed by atoms with E-state index in [0.29, 0.717) is 6.61 Å². The second-order valence-corrected chi connectivity index (χ2v) is 3.78. The summed E-state index contributed by atoms with van der Waals surface area (Å²) in [5, 5.41) is 6.34. The molecule has 88 valence electrons. The molecule has 4 nitrogen and oxygen atoms in total. The Morgan fingerprint density at radius 1 is 1.44 bits per heavy atom. The lowest BCUT2D eigenvalue weighted by Gasteiger charge is -2.23. The fourth-order valence-electron chi connectivity index (χ4n) is 1.63. The Kier molecular flexibility index (Phi) is 4.02. The summed E-state index contributed by atoms with van der Waals surface area (Å²) in [7, 11) is 1.90. The van der Waals surface area contributed by atoms with Crippen LogP contribution in [-0.4, -0.2) is 39.5 Å². The van der Waals surface area contributed by atoms with E-state index in [1.165, 1.54) is 0 Å². The van der Waals surface area contributed by atoms with Gasteiger partial charge in [-0.25, -0.2) is 0 Å². The molecule has 1 aliphatic rings. The Morgan fingerprint density at radius 3 is 2.88 bits per heavy atom. The minimum atomic E-state index is 0.165. The van der Waals surface area contributed by atoms with E-state index in [2.05, 4.69) is 10.6 Å². The first kappa shape index (κ1) is 11.2. The fourth-order valence-corrected chi connectivity index (χ4v) is 1.63. The van der Waals surface area contributed by atoms with Crippen molar-refractivity contribution in [2.75, 3.05) is 38.7 Å². The van der Waals surface area contributed by atoms with Crippen molar-refractivity contribution in [1.82, 2.24) is 5.32 Å². The molecular formula is C12H18N2O2. The lowest BCUT2D eigenvalue weighted by Crippen LogP contribution is -2.41. The number of rotatable bonds is 4. The molecule has 1 aromatic carbocycles. The third kappa shape index (κ3) is 3.12. The van der Waals surface area contributed by atoms with Crippen molar-refractivity contribution in [1.29, 1.82) is 0 Å². The Labute approximate surface area is 95.9 Å². The number of hydrogen-bond donors (Lipinski definition) is 2. The van der Waals surface area contributed by atoms with Crippen LogP contribution in [0, 0.1) is 0 Å². The van der Waals surface area contributed by atoms with E-state index in [1.807, 2.05) is 31.3 Å². The summed E-state index contributed by atoms with van der Waals surface area (Å²) in [5.41, 5.74) is 1.09. The minimum absolute atomic E-state index is 0.165. The highest BCUT2D eigenvalue weighted by atomic mass is 16.5. The standard InChI is InChI=1S/C12H18N2O2/c1-13-10-2-4-11(5-3-10)16-9-12-8-14-6-7-15-12/h2-5,12-14H,6-9H2,1H3/t12-/m0/s1. The van der Waals surface area contributed by atoms with Gasteiger partial charge in [-0.2, -0.15) is 0 Å². The average Bonchev–Trinajstić information content (AvgIpc) is 2.38. The van der Waals surface area contributed by atoms with Crippen LogP contribution in [0.2, 0.25) is 0 Å². The van der Waals surface area contributed by atoms with Crippen LogP contribution in [0.25, 0.3) is 0 Å². The molecule has 0 radical (unpaired) electrons. The molecule has 1 aliphatic heterocycles. The molecule has 0 aliphatic carbocycles. The summed E-state index contributed by atoms with van der Waals surface area (Å²) in [6.07, 6.45) is 0.165. The number of anilines is 1. The zero-order chi connectivity index (χ0) is 11.2. The van der Waals surface area contributed by atoms with E-state index >= 15 is 0 Å². The summed E-state index contributed by atoms with van der Waals surface area (Å²) in [5.74, 6) is 0.883. The first-order valence-electron chi connectivity index (χ1n) is 5.61. The van der Waals surface area contributed by atoms with Crippen LogP contribution in [0.1, 0.15) is 0 Å². The monoisotopic (exact) mass is 222 g/mol. The van der Waals surface area contributed by atoms with E-state index < -0.39 is 0 Å². The van der Waals surface area contributed by atoms with Gasteiger partial charge in [-0.05, 0) is 24.3 Å². The van der Waals surface area contributed by atoms with E-state index in [9.17, 15) is 0 Å². The highest BCUT2D eigenvalue weighted by molar-refractivity contribution is 5.45. The maximum atomic E-state index is 5.65. The summed E-state index contributed by atoms with van der Waals surface area (Å²) >= 11 is 0. The Bertz CT molecular complexity index is 307. The number of morpholine rings is 1. The lowest BCUT2D eigenvalue weighted by atomic mass is 10.3. The van der Waals surface area contributed by atoms with E-state index in [4.69, 9.17) is 9.47 Å². The highest BCUT2D eigenvalue weighted by Gasteiger charge is 2.13. The summed E-state index contributed by atoms with van der Waals surface area (Å²) in [4.78, 5) is 0. The number of hydrogen-bond acceptors (Lipinski definition) is 4. The van der Waals surface area contributed by atoms with Crippen molar-refractivity contribution >= 4 is 5.69 Å². The van der Waals surface area contributed by atoms with Crippen LogP contribution >= 0.6 is 0 Å². The third-order valence-electron chi connectivity index (χ3n) is 2.58. The molecule has 1 heterocycles. The first-order chi connectivity index (χ1) is 7.88. The van der Waals surface area contributed by atoms with Gasteiger partial charge in [-0.1, -0.05) is 0 Å².